The summed E-state index contributed by atoms with van der Waals surface area (Å²) in [5, 5.41) is 5.24. The van der Waals surface area contributed by atoms with E-state index in [4.69, 9.17) is 4.74 Å². The fourth-order valence-electron chi connectivity index (χ4n) is 1.49. The maximum Gasteiger partial charge on any atom is 0.331 e. The molecule has 1 unspecified atom stereocenters. The van der Waals surface area contributed by atoms with Gasteiger partial charge in [-0.2, -0.15) is 0 Å². The highest BCUT2D eigenvalue weighted by Gasteiger charge is 2.16. The van der Waals surface area contributed by atoms with Gasteiger partial charge in [0.25, 0.3) is 5.91 Å². The molecule has 1 rings (SSSR count). The summed E-state index contributed by atoms with van der Waals surface area (Å²) in [6.45, 7) is 4.58. The maximum absolute atomic E-state index is 11.8. The lowest BCUT2D eigenvalue weighted by atomic mass is 10.2. The van der Waals surface area contributed by atoms with Gasteiger partial charge in [0.05, 0.1) is 0 Å². The lowest BCUT2D eigenvalue weighted by molar-refractivity contribution is -0.148. The zero-order chi connectivity index (χ0) is 15.8. The second-order valence-electron chi connectivity index (χ2n) is 4.33. The Morgan fingerprint density at radius 3 is 2.10 bits per heavy atom. The molecule has 2 N–H and O–H groups in total. The van der Waals surface area contributed by atoms with Crippen LogP contribution >= 0.6 is 0 Å². The standard InChI is InChI=1S/C15H18N2O4/c1-4-5-14(19)21-10(2)15(20)17-13-8-6-12(7-9-13)16-11(3)18/h4-10H,1-3H3,(H,16,18)(H,17,20)/b5-4+. The molecule has 0 saturated carbocycles. The molecule has 0 radical (unpaired) electrons. The zero-order valence-corrected chi connectivity index (χ0v) is 12.2. The quantitative estimate of drug-likeness (QED) is 0.642. The predicted octanol–water partition coefficient (Wildman–Crippen LogP) is 2.09. The van der Waals surface area contributed by atoms with Crippen LogP contribution in [0.1, 0.15) is 20.8 Å². The number of nitrogens with one attached hydrogen (secondary N) is 2. The average molecular weight is 290 g/mol. The molecule has 2 amide bonds. The van der Waals surface area contributed by atoms with E-state index in [-0.39, 0.29) is 5.91 Å². The molecule has 0 bridgehead atoms. The summed E-state index contributed by atoms with van der Waals surface area (Å²) in [7, 11) is 0. The molecule has 21 heavy (non-hydrogen) atoms. The van der Waals surface area contributed by atoms with Crippen LogP contribution in [-0.2, 0) is 19.1 Å². The monoisotopic (exact) mass is 290 g/mol. The minimum atomic E-state index is -0.899. The van der Waals surface area contributed by atoms with Gasteiger partial charge in [-0.15, -0.1) is 0 Å². The van der Waals surface area contributed by atoms with Crippen molar-refractivity contribution in [1.82, 2.24) is 0 Å². The van der Waals surface area contributed by atoms with Crippen LogP contribution in [0.15, 0.2) is 36.4 Å². The van der Waals surface area contributed by atoms with Gasteiger partial charge in [0.2, 0.25) is 5.91 Å². The molecule has 0 aromatic heterocycles. The second-order valence-corrected chi connectivity index (χ2v) is 4.33. The van der Waals surface area contributed by atoms with E-state index in [2.05, 4.69) is 10.6 Å². The maximum atomic E-state index is 11.8. The Balaban J connectivity index is 2.57. The number of hydrogen-bond acceptors (Lipinski definition) is 4. The lowest BCUT2D eigenvalue weighted by Crippen LogP contribution is -2.29. The Hall–Kier alpha value is -2.63. The van der Waals surface area contributed by atoms with Crippen LogP contribution in [-0.4, -0.2) is 23.9 Å². The van der Waals surface area contributed by atoms with E-state index in [1.165, 1.54) is 26.0 Å². The molecule has 1 aromatic carbocycles. The number of amides is 2. The number of rotatable bonds is 5. The fourth-order valence-corrected chi connectivity index (χ4v) is 1.49. The summed E-state index contributed by atoms with van der Waals surface area (Å²) in [6.07, 6.45) is 1.88. The number of carbonyl (C=O) groups excluding carboxylic acids is 3. The molecule has 1 aromatic rings. The summed E-state index contributed by atoms with van der Waals surface area (Å²) in [5.74, 6) is -1.17. The van der Waals surface area contributed by atoms with Gasteiger partial charge >= 0.3 is 5.97 Å². The van der Waals surface area contributed by atoms with Gasteiger partial charge in [0.15, 0.2) is 6.10 Å². The Morgan fingerprint density at radius 1 is 1.10 bits per heavy atom. The van der Waals surface area contributed by atoms with Crippen molar-refractivity contribution in [3.63, 3.8) is 0 Å². The van der Waals surface area contributed by atoms with Gasteiger partial charge in [-0.05, 0) is 38.1 Å². The highest BCUT2D eigenvalue weighted by Crippen LogP contribution is 2.14. The number of carbonyl (C=O) groups is 3. The summed E-state index contributed by atoms with van der Waals surface area (Å²) in [4.78, 5) is 33.9. The van der Waals surface area contributed by atoms with Gasteiger partial charge in [-0.25, -0.2) is 4.79 Å². The van der Waals surface area contributed by atoms with E-state index in [1.807, 2.05) is 0 Å². The molecular formula is C15H18N2O4. The third-order valence-corrected chi connectivity index (χ3v) is 2.44. The first-order valence-electron chi connectivity index (χ1n) is 6.44. The SMILES string of the molecule is C/C=C/C(=O)OC(C)C(=O)Nc1ccc(NC(C)=O)cc1. The zero-order valence-electron chi connectivity index (χ0n) is 12.2. The van der Waals surface area contributed by atoms with E-state index in [0.29, 0.717) is 11.4 Å². The normalized spacial score (nSPS) is 11.8. The van der Waals surface area contributed by atoms with E-state index in [0.717, 1.165) is 0 Å². The molecule has 0 saturated heterocycles. The van der Waals surface area contributed by atoms with Crippen LogP contribution in [0.3, 0.4) is 0 Å². The van der Waals surface area contributed by atoms with Crippen LogP contribution < -0.4 is 10.6 Å². The number of ether oxygens (including phenoxy) is 1. The van der Waals surface area contributed by atoms with Crippen LogP contribution in [0.2, 0.25) is 0 Å². The molecule has 0 aliphatic carbocycles. The van der Waals surface area contributed by atoms with Crippen molar-refractivity contribution in [2.45, 2.75) is 26.9 Å². The molecule has 6 heteroatoms. The molecule has 6 nitrogen and oxygen atoms in total. The minimum absolute atomic E-state index is 0.170. The van der Waals surface area contributed by atoms with E-state index < -0.39 is 18.0 Å². The van der Waals surface area contributed by atoms with Crippen LogP contribution in [0, 0.1) is 0 Å². The fraction of sp³-hybridized carbons (Fsp3) is 0.267. The molecule has 0 aliphatic heterocycles. The molecular weight excluding hydrogens is 272 g/mol. The van der Waals surface area contributed by atoms with E-state index in [1.54, 1.807) is 31.2 Å². The third kappa shape index (κ3) is 5.90. The number of allylic oxidation sites excluding steroid dienone is 1. The van der Waals surface area contributed by atoms with Gasteiger partial charge in [0.1, 0.15) is 0 Å². The smallest absolute Gasteiger partial charge is 0.331 e. The highest BCUT2D eigenvalue weighted by atomic mass is 16.5. The van der Waals surface area contributed by atoms with Crippen molar-refractivity contribution >= 4 is 29.2 Å². The minimum Gasteiger partial charge on any atom is -0.449 e. The Labute approximate surface area is 123 Å². The lowest BCUT2D eigenvalue weighted by Gasteiger charge is -2.12. The van der Waals surface area contributed by atoms with Gasteiger partial charge in [-0.1, -0.05) is 6.08 Å². The highest BCUT2D eigenvalue weighted by molar-refractivity contribution is 5.96. The van der Waals surface area contributed by atoms with Gasteiger partial charge in [-0.3, -0.25) is 9.59 Å². The largest absolute Gasteiger partial charge is 0.449 e. The van der Waals surface area contributed by atoms with Gasteiger partial charge in [0, 0.05) is 24.4 Å². The molecule has 0 fully saturated rings. The van der Waals surface area contributed by atoms with Crippen LogP contribution in [0.25, 0.3) is 0 Å². The van der Waals surface area contributed by atoms with Crippen molar-refractivity contribution in [2.24, 2.45) is 0 Å². The number of benzene rings is 1. The Kier molecular flexibility index (Phi) is 6.13. The van der Waals surface area contributed by atoms with Crippen molar-refractivity contribution < 1.29 is 19.1 Å². The van der Waals surface area contributed by atoms with Crippen LogP contribution in [0.5, 0.6) is 0 Å². The topological polar surface area (TPSA) is 84.5 Å². The predicted molar refractivity (Wildman–Crippen MR) is 79.7 cm³/mol. The first kappa shape index (κ1) is 16.4. The molecule has 0 heterocycles. The van der Waals surface area contributed by atoms with Crippen LogP contribution in [0.4, 0.5) is 11.4 Å². The molecule has 0 aliphatic rings. The van der Waals surface area contributed by atoms with Crippen molar-refractivity contribution in [3.8, 4) is 0 Å². The number of hydrogen-bond donors (Lipinski definition) is 2. The summed E-state index contributed by atoms with van der Waals surface area (Å²) in [5.41, 5.74) is 1.18. The molecule has 0 spiro atoms. The van der Waals surface area contributed by atoms with Crippen molar-refractivity contribution in [2.75, 3.05) is 10.6 Å². The molecule has 1 atom stereocenters. The Morgan fingerprint density at radius 2 is 1.62 bits per heavy atom. The van der Waals surface area contributed by atoms with Crippen molar-refractivity contribution in [3.05, 3.63) is 36.4 Å². The van der Waals surface area contributed by atoms with E-state index in [9.17, 15) is 14.4 Å². The molecule has 112 valence electrons. The summed E-state index contributed by atoms with van der Waals surface area (Å²) >= 11 is 0. The first-order chi connectivity index (χ1) is 9.92. The third-order valence-electron chi connectivity index (χ3n) is 2.44. The summed E-state index contributed by atoms with van der Waals surface area (Å²) < 4.78 is 4.91. The summed E-state index contributed by atoms with van der Waals surface area (Å²) in [6, 6.07) is 6.61. The first-order valence-corrected chi connectivity index (χ1v) is 6.44. The Bertz CT molecular complexity index is 549. The number of esters is 1. The van der Waals surface area contributed by atoms with Gasteiger partial charge < -0.3 is 15.4 Å². The van der Waals surface area contributed by atoms with Crippen molar-refractivity contribution in [1.29, 1.82) is 0 Å². The van der Waals surface area contributed by atoms with E-state index >= 15 is 0 Å². The second kappa shape index (κ2) is 7.84. The number of anilines is 2. The average Bonchev–Trinajstić information content (AvgIpc) is 2.40.